The normalized spacial score (nSPS) is 11.4. The predicted octanol–water partition coefficient (Wildman–Crippen LogP) is -0.475. The molecule has 0 saturated carbocycles. The van der Waals surface area contributed by atoms with E-state index in [1.807, 2.05) is 0 Å². The summed E-state index contributed by atoms with van der Waals surface area (Å²) in [5, 5.41) is 10.8. The first-order valence-electron chi connectivity index (χ1n) is 6.41. The maximum absolute atomic E-state index is 12.2. The molecule has 0 radical (unpaired) electrons. The highest BCUT2D eigenvalue weighted by atomic mass is 32.2. The third-order valence-electron chi connectivity index (χ3n) is 2.61. The number of sulfonamides is 1. The summed E-state index contributed by atoms with van der Waals surface area (Å²) >= 11 is 0. The lowest BCUT2D eigenvalue weighted by Gasteiger charge is -2.16. The number of carbonyl (C=O) groups excluding carboxylic acids is 1. The molecule has 0 fully saturated rings. The molecule has 9 heteroatoms. The van der Waals surface area contributed by atoms with Crippen LogP contribution in [-0.2, 0) is 24.3 Å². The van der Waals surface area contributed by atoms with Gasteiger partial charge in [-0.05, 0) is 12.1 Å². The summed E-state index contributed by atoms with van der Waals surface area (Å²) in [5.41, 5.74) is 0. The van der Waals surface area contributed by atoms with E-state index in [1.54, 1.807) is 18.2 Å². The fourth-order valence-corrected chi connectivity index (χ4v) is 2.69. The van der Waals surface area contributed by atoms with Crippen molar-refractivity contribution in [1.82, 2.24) is 9.62 Å². The molecular weight excluding hydrogens is 312 g/mol. The smallest absolute Gasteiger partial charge is 0.329 e. The van der Waals surface area contributed by atoms with E-state index in [-0.39, 0.29) is 24.6 Å². The molecule has 2 N–H and O–H groups in total. The van der Waals surface area contributed by atoms with Crippen molar-refractivity contribution in [2.75, 3.05) is 33.4 Å². The number of hydrogen-bond donors (Lipinski definition) is 2. The summed E-state index contributed by atoms with van der Waals surface area (Å²) in [6.45, 7) is -0.646. The maximum atomic E-state index is 12.2. The van der Waals surface area contributed by atoms with Crippen LogP contribution in [0.15, 0.2) is 35.2 Å². The van der Waals surface area contributed by atoms with Crippen LogP contribution in [0.1, 0.15) is 0 Å². The van der Waals surface area contributed by atoms with Gasteiger partial charge < -0.3 is 15.2 Å². The van der Waals surface area contributed by atoms with Gasteiger partial charge in [-0.25, -0.2) is 13.2 Å². The van der Waals surface area contributed by atoms with Gasteiger partial charge >= 0.3 is 5.97 Å². The van der Waals surface area contributed by atoms with Crippen LogP contribution in [0.25, 0.3) is 0 Å². The van der Waals surface area contributed by atoms with Crippen LogP contribution in [0.4, 0.5) is 0 Å². The van der Waals surface area contributed by atoms with Crippen LogP contribution < -0.4 is 5.32 Å². The number of likely N-dealkylation sites (N-methyl/N-ethyl adjacent to an activating group) is 1. The Labute approximate surface area is 128 Å². The van der Waals surface area contributed by atoms with E-state index < -0.39 is 28.5 Å². The fraction of sp³-hybridized carbons (Fsp3) is 0.385. The Morgan fingerprint density at radius 2 is 1.91 bits per heavy atom. The quantitative estimate of drug-likeness (QED) is 0.592. The van der Waals surface area contributed by atoms with Crippen LogP contribution in [0.2, 0.25) is 0 Å². The molecule has 0 aromatic heterocycles. The first kappa shape index (κ1) is 18.1. The SMILES string of the molecule is CN(CC(=O)NCCOCC(=O)O)S(=O)(=O)c1ccccc1. The molecule has 0 aliphatic carbocycles. The monoisotopic (exact) mass is 330 g/mol. The van der Waals surface area contributed by atoms with Crippen molar-refractivity contribution in [1.29, 1.82) is 0 Å². The zero-order valence-electron chi connectivity index (χ0n) is 12.1. The number of nitrogens with one attached hydrogen (secondary N) is 1. The molecule has 1 aromatic rings. The maximum Gasteiger partial charge on any atom is 0.329 e. The highest BCUT2D eigenvalue weighted by molar-refractivity contribution is 7.89. The van der Waals surface area contributed by atoms with Gasteiger partial charge in [0.15, 0.2) is 0 Å². The van der Waals surface area contributed by atoms with Gasteiger partial charge in [0, 0.05) is 13.6 Å². The van der Waals surface area contributed by atoms with Crippen molar-refractivity contribution in [2.45, 2.75) is 4.90 Å². The molecule has 1 rings (SSSR count). The summed E-state index contributed by atoms with van der Waals surface area (Å²) < 4.78 is 30.0. The molecule has 0 unspecified atom stereocenters. The molecule has 8 nitrogen and oxygen atoms in total. The first-order chi connectivity index (χ1) is 10.3. The number of rotatable bonds is 9. The topological polar surface area (TPSA) is 113 Å². The lowest BCUT2D eigenvalue weighted by atomic mass is 10.4. The Morgan fingerprint density at radius 3 is 2.50 bits per heavy atom. The van der Waals surface area contributed by atoms with Gasteiger partial charge in [-0.15, -0.1) is 0 Å². The second kappa shape index (κ2) is 8.47. The zero-order chi connectivity index (χ0) is 16.6. The molecule has 122 valence electrons. The molecule has 0 heterocycles. The van der Waals surface area contributed by atoms with E-state index in [4.69, 9.17) is 9.84 Å². The molecule has 1 amide bonds. The van der Waals surface area contributed by atoms with Crippen molar-refractivity contribution < 1.29 is 27.9 Å². The molecular formula is C13H18N2O6S. The van der Waals surface area contributed by atoms with Gasteiger partial charge in [-0.2, -0.15) is 4.31 Å². The molecule has 0 aliphatic rings. The van der Waals surface area contributed by atoms with E-state index in [1.165, 1.54) is 19.2 Å². The predicted molar refractivity (Wildman–Crippen MR) is 77.7 cm³/mol. The summed E-state index contributed by atoms with van der Waals surface area (Å²) in [7, 11) is -2.41. The van der Waals surface area contributed by atoms with Gasteiger partial charge in [-0.1, -0.05) is 18.2 Å². The third kappa shape index (κ3) is 5.80. The van der Waals surface area contributed by atoms with Crippen molar-refractivity contribution in [3.8, 4) is 0 Å². The van der Waals surface area contributed by atoms with Crippen LogP contribution >= 0.6 is 0 Å². The molecule has 0 aliphatic heterocycles. The van der Waals surface area contributed by atoms with Crippen molar-refractivity contribution in [2.24, 2.45) is 0 Å². The number of hydrogen-bond acceptors (Lipinski definition) is 5. The number of ether oxygens (including phenoxy) is 1. The van der Waals surface area contributed by atoms with Gasteiger partial charge in [0.05, 0.1) is 18.0 Å². The minimum absolute atomic E-state index is 0.0349. The number of nitrogens with zero attached hydrogens (tertiary/aromatic N) is 1. The largest absolute Gasteiger partial charge is 0.480 e. The van der Waals surface area contributed by atoms with E-state index in [0.29, 0.717) is 0 Å². The summed E-state index contributed by atoms with van der Waals surface area (Å²) in [6.07, 6.45) is 0. The number of carbonyl (C=O) groups is 2. The number of carboxylic acid groups (broad SMARTS) is 1. The van der Waals surface area contributed by atoms with Gasteiger partial charge in [0.2, 0.25) is 15.9 Å². The summed E-state index contributed by atoms with van der Waals surface area (Å²) in [5.74, 6) is -1.60. The first-order valence-corrected chi connectivity index (χ1v) is 7.85. The molecule has 0 atom stereocenters. The Kier molecular flexibility index (Phi) is 6.96. The minimum Gasteiger partial charge on any atom is -0.480 e. The fourth-order valence-electron chi connectivity index (χ4n) is 1.54. The lowest BCUT2D eigenvalue weighted by Crippen LogP contribution is -2.39. The average Bonchev–Trinajstić information content (AvgIpc) is 2.47. The lowest BCUT2D eigenvalue weighted by molar-refractivity contribution is -0.142. The van der Waals surface area contributed by atoms with Gasteiger partial charge in [0.25, 0.3) is 0 Å². The van der Waals surface area contributed by atoms with E-state index >= 15 is 0 Å². The van der Waals surface area contributed by atoms with Crippen LogP contribution in [0.5, 0.6) is 0 Å². The highest BCUT2D eigenvalue weighted by Crippen LogP contribution is 2.12. The standard InChI is InChI=1S/C13H18N2O6S/c1-15(22(19,20)11-5-3-2-4-6-11)9-12(16)14-7-8-21-10-13(17)18/h2-6H,7-10H2,1H3,(H,14,16)(H,17,18). The van der Waals surface area contributed by atoms with Crippen molar-refractivity contribution in [3.05, 3.63) is 30.3 Å². The number of carboxylic acids is 1. The van der Waals surface area contributed by atoms with Crippen LogP contribution in [0.3, 0.4) is 0 Å². The zero-order valence-corrected chi connectivity index (χ0v) is 12.9. The van der Waals surface area contributed by atoms with Crippen LogP contribution in [-0.4, -0.2) is 63.1 Å². The van der Waals surface area contributed by atoms with Crippen molar-refractivity contribution >= 4 is 21.9 Å². The third-order valence-corrected chi connectivity index (χ3v) is 4.43. The average molecular weight is 330 g/mol. The summed E-state index contributed by atoms with van der Waals surface area (Å²) in [4.78, 5) is 21.9. The Balaban J connectivity index is 2.42. The van der Waals surface area contributed by atoms with E-state index in [0.717, 1.165) is 4.31 Å². The van der Waals surface area contributed by atoms with Crippen LogP contribution in [0, 0.1) is 0 Å². The molecule has 1 aromatic carbocycles. The number of benzene rings is 1. The van der Waals surface area contributed by atoms with Gasteiger partial charge in [0.1, 0.15) is 6.61 Å². The van der Waals surface area contributed by atoms with Gasteiger partial charge in [-0.3, -0.25) is 4.79 Å². The minimum atomic E-state index is -3.72. The molecule has 0 spiro atoms. The molecule has 22 heavy (non-hydrogen) atoms. The Hall–Kier alpha value is -1.97. The second-order valence-corrected chi connectivity index (χ2v) is 6.42. The molecule has 0 bridgehead atoms. The number of aliphatic carboxylic acids is 1. The molecule has 0 saturated heterocycles. The van der Waals surface area contributed by atoms with E-state index in [9.17, 15) is 18.0 Å². The Morgan fingerprint density at radius 1 is 1.27 bits per heavy atom. The second-order valence-electron chi connectivity index (χ2n) is 4.37. The van der Waals surface area contributed by atoms with Crippen molar-refractivity contribution in [3.63, 3.8) is 0 Å². The number of amides is 1. The van der Waals surface area contributed by atoms with E-state index in [2.05, 4.69) is 5.32 Å². The summed E-state index contributed by atoms with van der Waals surface area (Å²) in [6, 6.07) is 7.79. The highest BCUT2D eigenvalue weighted by Gasteiger charge is 2.22. The Bertz CT molecular complexity index is 602.